The minimum atomic E-state index is 0.837. The van der Waals surface area contributed by atoms with Gasteiger partial charge in [-0.3, -0.25) is 4.98 Å². The smallest absolute Gasteiger partial charge is 0.0547 e. The van der Waals surface area contributed by atoms with Gasteiger partial charge < -0.3 is 10.6 Å². The van der Waals surface area contributed by atoms with Gasteiger partial charge in [0.2, 0.25) is 0 Å². The molecule has 1 aromatic heterocycles. The standard InChI is InChI=1S/C15H25N3/c1-3-17-14-8-15(11-16-10-14)18-9-13-6-4-12(2)5-7-13/h8,10-13,17-18H,3-7,9H2,1-2H3. The number of nitrogens with zero attached hydrogens (tertiary/aromatic N) is 1. The highest BCUT2D eigenvalue weighted by Crippen LogP contribution is 2.28. The SMILES string of the molecule is CCNc1cncc(NCC2CCC(C)CC2)c1. The van der Waals surface area contributed by atoms with E-state index in [1.54, 1.807) is 0 Å². The van der Waals surface area contributed by atoms with E-state index in [1.807, 2.05) is 12.4 Å². The normalized spacial score (nSPS) is 23.7. The molecule has 0 amide bonds. The van der Waals surface area contributed by atoms with Crippen LogP contribution in [0.4, 0.5) is 11.4 Å². The Hall–Kier alpha value is -1.25. The molecule has 3 nitrogen and oxygen atoms in total. The Balaban J connectivity index is 1.80. The fourth-order valence-corrected chi connectivity index (χ4v) is 2.63. The third-order valence-corrected chi connectivity index (χ3v) is 3.85. The summed E-state index contributed by atoms with van der Waals surface area (Å²) >= 11 is 0. The molecule has 0 aromatic carbocycles. The van der Waals surface area contributed by atoms with Gasteiger partial charge in [-0.05, 0) is 37.7 Å². The molecular weight excluding hydrogens is 222 g/mol. The van der Waals surface area contributed by atoms with E-state index >= 15 is 0 Å². The van der Waals surface area contributed by atoms with Crippen LogP contribution >= 0.6 is 0 Å². The molecule has 0 spiro atoms. The van der Waals surface area contributed by atoms with E-state index in [4.69, 9.17) is 0 Å². The van der Waals surface area contributed by atoms with Crippen molar-refractivity contribution in [1.82, 2.24) is 4.98 Å². The van der Waals surface area contributed by atoms with Gasteiger partial charge in [0.15, 0.2) is 0 Å². The van der Waals surface area contributed by atoms with Crippen LogP contribution < -0.4 is 10.6 Å². The molecule has 2 rings (SSSR count). The quantitative estimate of drug-likeness (QED) is 0.832. The van der Waals surface area contributed by atoms with Gasteiger partial charge in [0.25, 0.3) is 0 Å². The summed E-state index contributed by atoms with van der Waals surface area (Å²) in [5.41, 5.74) is 2.23. The first-order chi connectivity index (χ1) is 8.78. The zero-order chi connectivity index (χ0) is 12.8. The maximum absolute atomic E-state index is 4.25. The predicted molar refractivity (Wildman–Crippen MR) is 78.0 cm³/mol. The lowest BCUT2D eigenvalue weighted by molar-refractivity contribution is 0.300. The average Bonchev–Trinajstić information content (AvgIpc) is 2.39. The second-order valence-electron chi connectivity index (χ2n) is 5.50. The summed E-state index contributed by atoms with van der Waals surface area (Å²) in [7, 11) is 0. The minimum absolute atomic E-state index is 0.837. The molecule has 0 atom stereocenters. The maximum Gasteiger partial charge on any atom is 0.0547 e. The topological polar surface area (TPSA) is 37.0 Å². The van der Waals surface area contributed by atoms with E-state index in [-0.39, 0.29) is 0 Å². The Labute approximate surface area is 110 Å². The monoisotopic (exact) mass is 247 g/mol. The van der Waals surface area contributed by atoms with Gasteiger partial charge in [-0.15, -0.1) is 0 Å². The Morgan fingerprint density at radius 1 is 1.11 bits per heavy atom. The lowest BCUT2D eigenvalue weighted by Gasteiger charge is -2.26. The molecule has 0 radical (unpaired) electrons. The third kappa shape index (κ3) is 3.90. The van der Waals surface area contributed by atoms with Crippen LogP contribution in [0.1, 0.15) is 39.5 Å². The summed E-state index contributed by atoms with van der Waals surface area (Å²) in [4.78, 5) is 4.25. The number of aromatic nitrogens is 1. The van der Waals surface area contributed by atoms with Crippen LogP contribution in [0, 0.1) is 11.8 Å². The second kappa shape index (κ2) is 6.62. The first-order valence-electron chi connectivity index (χ1n) is 7.20. The molecule has 0 aliphatic heterocycles. The van der Waals surface area contributed by atoms with Crippen molar-refractivity contribution in [2.24, 2.45) is 11.8 Å². The fourth-order valence-electron chi connectivity index (χ4n) is 2.63. The Kier molecular flexibility index (Phi) is 4.85. The number of anilines is 2. The van der Waals surface area contributed by atoms with E-state index in [1.165, 1.54) is 25.7 Å². The van der Waals surface area contributed by atoms with Crippen molar-refractivity contribution in [2.75, 3.05) is 23.7 Å². The van der Waals surface area contributed by atoms with Gasteiger partial charge in [0, 0.05) is 13.1 Å². The van der Waals surface area contributed by atoms with Crippen LogP contribution in [0.3, 0.4) is 0 Å². The molecule has 1 saturated carbocycles. The zero-order valence-electron chi connectivity index (χ0n) is 11.6. The molecule has 3 heteroatoms. The van der Waals surface area contributed by atoms with Gasteiger partial charge >= 0.3 is 0 Å². The third-order valence-electron chi connectivity index (χ3n) is 3.85. The van der Waals surface area contributed by atoms with Gasteiger partial charge in [0.05, 0.1) is 23.8 Å². The largest absolute Gasteiger partial charge is 0.384 e. The lowest BCUT2D eigenvalue weighted by atomic mass is 9.83. The molecule has 0 unspecified atom stereocenters. The number of rotatable bonds is 5. The van der Waals surface area contributed by atoms with Crippen molar-refractivity contribution in [2.45, 2.75) is 39.5 Å². The molecular formula is C15H25N3. The van der Waals surface area contributed by atoms with E-state index in [0.717, 1.165) is 36.3 Å². The fraction of sp³-hybridized carbons (Fsp3) is 0.667. The van der Waals surface area contributed by atoms with Gasteiger partial charge in [0.1, 0.15) is 0 Å². The molecule has 100 valence electrons. The summed E-state index contributed by atoms with van der Waals surface area (Å²) in [6.07, 6.45) is 9.30. The highest BCUT2D eigenvalue weighted by atomic mass is 14.9. The van der Waals surface area contributed by atoms with Crippen LogP contribution in [-0.4, -0.2) is 18.1 Å². The van der Waals surface area contributed by atoms with Crippen LogP contribution in [-0.2, 0) is 0 Å². The van der Waals surface area contributed by atoms with E-state index in [9.17, 15) is 0 Å². The number of hydrogen-bond acceptors (Lipinski definition) is 3. The van der Waals surface area contributed by atoms with Crippen LogP contribution in [0.15, 0.2) is 18.5 Å². The molecule has 2 N–H and O–H groups in total. The van der Waals surface area contributed by atoms with Crippen molar-refractivity contribution in [3.63, 3.8) is 0 Å². The van der Waals surface area contributed by atoms with Crippen LogP contribution in [0.25, 0.3) is 0 Å². The molecule has 1 fully saturated rings. The first kappa shape index (κ1) is 13.2. The number of nitrogens with one attached hydrogen (secondary N) is 2. The average molecular weight is 247 g/mol. The zero-order valence-corrected chi connectivity index (χ0v) is 11.6. The Bertz CT molecular complexity index is 357. The molecule has 1 heterocycles. The molecule has 18 heavy (non-hydrogen) atoms. The summed E-state index contributed by atoms with van der Waals surface area (Å²) < 4.78 is 0. The second-order valence-corrected chi connectivity index (χ2v) is 5.50. The lowest BCUT2D eigenvalue weighted by Crippen LogP contribution is -2.20. The van der Waals surface area contributed by atoms with Crippen molar-refractivity contribution in [3.05, 3.63) is 18.5 Å². The summed E-state index contributed by atoms with van der Waals surface area (Å²) in [6, 6.07) is 2.14. The molecule has 1 aliphatic carbocycles. The van der Waals surface area contributed by atoms with Gasteiger partial charge in [-0.1, -0.05) is 19.8 Å². The van der Waals surface area contributed by atoms with E-state index in [0.29, 0.717) is 0 Å². The summed E-state index contributed by atoms with van der Waals surface area (Å²) in [5, 5.41) is 6.81. The molecule has 1 aliphatic rings. The van der Waals surface area contributed by atoms with Gasteiger partial charge in [-0.25, -0.2) is 0 Å². The number of pyridine rings is 1. The summed E-state index contributed by atoms with van der Waals surface area (Å²) in [5.74, 6) is 1.77. The van der Waals surface area contributed by atoms with Crippen molar-refractivity contribution >= 4 is 11.4 Å². The van der Waals surface area contributed by atoms with Crippen molar-refractivity contribution in [1.29, 1.82) is 0 Å². The molecule has 0 bridgehead atoms. The predicted octanol–water partition coefficient (Wildman–Crippen LogP) is 3.75. The van der Waals surface area contributed by atoms with Crippen molar-refractivity contribution < 1.29 is 0 Å². The van der Waals surface area contributed by atoms with E-state index in [2.05, 4.69) is 35.5 Å². The minimum Gasteiger partial charge on any atom is -0.384 e. The Morgan fingerprint density at radius 3 is 2.44 bits per heavy atom. The maximum atomic E-state index is 4.25. The molecule has 0 saturated heterocycles. The highest BCUT2D eigenvalue weighted by molar-refractivity contribution is 5.53. The van der Waals surface area contributed by atoms with Gasteiger partial charge in [-0.2, -0.15) is 0 Å². The van der Waals surface area contributed by atoms with E-state index < -0.39 is 0 Å². The first-order valence-corrected chi connectivity index (χ1v) is 7.20. The number of hydrogen-bond donors (Lipinski definition) is 2. The van der Waals surface area contributed by atoms with Crippen LogP contribution in [0.5, 0.6) is 0 Å². The molecule has 1 aromatic rings. The summed E-state index contributed by atoms with van der Waals surface area (Å²) in [6.45, 7) is 6.49. The highest BCUT2D eigenvalue weighted by Gasteiger charge is 2.17. The van der Waals surface area contributed by atoms with Crippen LogP contribution in [0.2, 0.25) is 0 Å². The van der Waals surface area contributed by atoms with Crippen molar-refractivity contribution in [3.8, 4) is 0 Å². The Morgan fingerprint density at radius 2 is 1.78 bits per heavy atom.